The van der Waals surface area contributed by atoms with Crippen LogP contribution in [0, 0.1) is 12.8 Å². The second kappa shape index (κ2) is 8.66. The molecule has 1 unspecified atom stereocenters. The van der Waals surface area contributed by atoms with Crippen LogP contribution in [0.15, 0.2) is 35.7 Å². The van der Waals surface area contributed by atoms with Crippen LogP contribution in [0.3, 0.4) is 0 Å². The molecule has 1 aromatic heterocycles. The lowest BCUT2D eigenvalue weighted by Crippen LogP contribution is -2.42. The molecular weight excluding hydrogens is 340 g/mol. The van der Waals surface area contributed by atoms with Crippen LogP contribution in [0.4, 0.5) is 0 Å². The van der Waals surface area contributed by atoms with Crippen LogP contribution in [0.5, 0.6) is 0 Å². The summed E-state index contributed by atoms with van der Waals surface area (Å²) in [4.78, 5) is 23.3. The van der Waals surface area contributed by atoms with Gasteiger partial charge < -0.3 is 10.4 Å². The van der Waals surface area contributed by atoms with Crippen molar-refractivity contribution in [3.05, 3.63) is 36.2 Å². The van der Waals surface area contributed by atoms with E-state index in [4.69, 9.17) is 0 Å². The van der Waals surface area contributed by atoms with E-state index >= 15 is 0 Å². The highest BCUT2D eigenvalue weighted by Gasteiger charge is 2.21. The molecule has 0 saturated heterocycles. The van der Waals surface area contributed by atoms with Crippen LogP contribution in [0.2, 0.25) is 0 Å². The third kappa shape index (κ3) is 5.60. The number of thioether (sulfide) groups is 1. The molecule has 2 N–H and O–H groups in total. The maximum atomic E-state index is 12.1. The average Bonchev–Trinajstić information content (AvgIpc) is 3.01. The second-order valence-corrected chi connectivity index (χ2v) is 7.14. The van der Waals surface area contributed by atoms with Crippen molar-refractivity contribution in [1.82, 2.24) is 20.1 Å². The SMILES string of the molecule is Cc1ccc(-n2cnnc2SCC(=O)NC(CC(C)C)C(=O)O)cc1. The number of carboxylic acids is 1. The van der Waals surface area contributed by atoms with Crippen molar-refractivity contribution in [2.45, 2.75) is 38.4 Å². The number of hydrogen-bond acceptors (Lipinski definition) is 5. The molecule has 0 aliphatic heterocycles. The Balaban J connectivity index is 1.97. The molecule has 0 fully saturated rings. The van der Waals surface area contributed by atoms with Gasteiger partial charge in [-0.1, -0.05) is 43.3 Å². The number of aromatic nitrogens is 3. The summed E-state index contributed by atoms with van der Waals surface area (Å²) in [5, 5.41) is 20.3. The second-order valence-electron chi connectivity index (χ2n) is 6.20. The van der Waals surface area contributed by atoms with Gasteiger partial charge in [-0.05, 0) is 31.4 Å². The number of aliphatic carboxylic acids is 1. The van der Waals surface area contributed by atoms with Gasteiger partial charge in [-0.25, -0.2) is 4.79 Å². The van der Waals surface area contributed by atoms with E-state index in [2.05, 4.69) is 15.5 Å². The zero-order chi connectivity index (χ0) is 18.4. The van der Waals surface area contributed by atoms with Crippen LogP contribution in [-0.4, -0.2) is 43.5 Å². The molecule has 7 nitrogen and oxygen atoms in total. The maximum Gasteiger partial charge on any atom is 0.326 e. The number of carbonyl (C=O) groups is 2. The zero-order valence-electron chi connectivity index (χ0n) is 14.5. The molecule has 1 amide bonds. The molecular formula is C17H22N4O3S. The van der Waals surface area contributed by atoms with Crippen LogP contribution in [-0.2, 0) is 9.59 Å². The molecule has 134 valence electrons. The molecule has 2 aromatic rings. The fourth-order valence-electron chi connectivity index (χ4n) is 2.26. The third-order valence-electron chi connectivity index (χ3n) is 3.50. The first-order chi connectivity index (χ1) is 11.9. The Kier molecular flexibility index (Phi) is 6.58. The number of nitrogens with one attached hydrogen (secondary N) is 1. The summed E-state index contributed by atoms with van der Waals surface area (Å²) in [6, 6.07) is 7.00. The molecule has 0 aliphatic rings. The summed E-state index contributed by atoms with van der Waals surface area (Å²) >= 11 is 1.22. The number of aryl methyl sites for hydroxylation is 1. The van der Waals surface area contributed by atoms with E-state index in [-0.39, 0.29) is 17.6 Å². The Morgan fingerprint density at radius 2 is 1.96 bits per heavy atom. The Bertz CT molecular complexity index is 728. The van der Waals surface area contributed by atoms with Gasteiger partial charge in [0.25, 0.3) is 0 Å². The van der Waals surface area contributed by atoms with Crippen molar-refractivity contribution < 1.29 is 14.7 Å². The van der Waals surface area contributed by atoms with Gasteiger partial charge in [-0.2, -0.15) is 0 Å². The molecule has 25 heavy (non-hydrogen) atoms. The highest BCUT2D eigenvalue weighted by atomic mass is 32.2. The summed E-state index contributed by atoms with van der Waals surface area (Å²) in [6.07, 6.45) is 1.98. The molecule has 1 aromatic carbocycles. The van der Waals surface area contributed by atoms with E-state index in [1.165, 1.54) is 11.8 Å². The molecule has 0 bridgehead atoms. The van der Waals surface area contributed by atoms with Gasteiger partial charge in [-0.15, -0.1) is 10.2 Å². The van der Waals surface area contributed by atoms with Gasteiger partial charge in [0.1, 0.15) is 12.4 Å². The van der Waals surface area contributed by atoms with Crippen molar-refractivity contribution >= 4 is 23.6 Å². The summed E-state index contributed by atoms with van der Waals surface area (Å²) < 4.78 is 1.79. The van der Waals surface area contributed by atoms with Gasteiger partial charge in [0.05, 0.1) is 5.75 Å². The summed E-state index contributed by atoms with van der Waals surface area (Å²) in [6.45, 7) is 5.84. The zero-order valence-corrected chi connectivity index (χ0v) is 15.3. The average molecular weight is 362 g/mol. The van der Waals surface area contributed by atoms with Crippen LogP contribution in [0.1, 0.15) is 25.8 Å². The Morgan fingerprint density at radius 3 is 2.56 bits per heavy atom. The summed E-state index contributed by atoms with van der Waals surface area (Å²) in [5.74, 6) is -1.10. The Hall–Kier alpha value is -2.35. The first-order valence-corrected chi connectivity index (χ1v) is 8.97. The largest absolute Gasteiger partial charge is 0.480 e. The Morgan fingerprint density at radius 1 is 1.28 bits per heavy atom. The third-order valence-corrected chi connectivity index (χ3v) is 4.44. The van der Waals surface area contributed by atoms with Crippen molar-refractivity contribution in [3.63, 3.8) is 0 Å². The van der Waals surface area contributed by atoms with E-state index in [1.54, 1.807) is 10.9 Å². The topological polar surface area (TPSA) is 97.1 Å². The van der Waals surface area contributed by atoms with E-state index < -0.39 is 12.0 Å². The predicted molar refractivity (Wildman–Crippen MR) is 95.8 cm³/mol. The molecule has 8 heteroatoms. The van der Waals surface area contributed by atoms with E-state index in [0.29, 0.717) is 11.6 Å². The molecule has 0 spiro atoms. The number of hydrogen-bond donors (Lipinski definition) is 2. The fraction of sp³-hybridized carbons (Fsp3) is 0.412. The number of carboxylic acid groups (broad SMARTS) is 1. The number of nitrogens with zero attached hydrogens (tertiary/aromatic N) is 3. The predicted octanol–water partition coefficient (Wildman–Crippen LogP) is 2.28. The first kappa shape index (κ1) is 19.0. The van der Waals surface area contributed by atoms with E-state index in [0.717, 1.165) is 11.3 Å². The van der Waals surface area contributed by atoms with Crippen LogP contribution < -0.4 is 5.32 Å². The minimum absolute atomic E-state index is 0.0758. The number of benzene rings is 1. The highest BCUT2D eigenvalue weighted by molar-refractivity contribution is 7.99. The van der Waals surface area contributed by atoms with Gasteiger partial charge >= 0.3 is 5.97 Å². The standard InChI is InChI=1S/C17H22N4O3S/c1-11(2)8-14(16(23)24)19-15(22)9-25-17-20-18-10-21(17)13-6-4-12(3)5-7-13/h4-7,10-11,14H,8-9H2,1-3H3,(H,19,22)(H,23,24). The lowest BCUT2D eigenvalue weighted by Gasteiger charge is -2.16. The molecule has 0 saturated carbocycles. The normalized spacial score (nSPS) is 12.2. The van der Waals surface area contributed by atoms with Crippen molar-refractivity contribution in [2.75, 3.05) is 5.75 Å². The summed E-state index contributed by atoms with van der Waals surface area (Å²) in [7, 11) is 0. The number of rotatable bonds is 8. The monoisotopic (exact) mass is 362 g/mol. The fourth-order valence-corrected chi connectivity index (χ4v) is 3.00. The number of amides is 1. The van der Waals surface area contributed by atoms with Crippen LogP contribution >= 0.6 is 11.8 Å². The smallest absolute Gasteiger partial charge is 0.326 e. The van der Waals surface area contributed by atoms with Gasteiger partial charge in [0.15, 0.2) is 5.16 Å². The van der Waals surface area contributed by atoms with Crippen LogP contribution in [0.25, 0.3) is 5.69 Å². The maximum absolute atomic E-state index is 12.1. The minimum Gasteiger partial charge on any atom is -0.480 e. The van der Waals surface area contributed by atoms with Crippen molar-refractivity contribution in [2.24, 2.45) is 5.92 Å². The minimum atomic E-state index is -1.02. The number of carbonyl (C=O) groups excluding carboxylic acids is 1. The van der Waals surface area contributed by atoms with Gasteiger partial charge in [0.2, 0.25) is 5.91 Å². The van der Waals surface area contributed by atoms with Crippen molar-refractivity contribution in [1.29, 1.82) is 0 Å². The summed E-state index contributed by atoms with van der Waals surface area (Å²) in [5.41, 5.74) is 2.05. The van der Waals surface area contributed by atoms with Crippen molar-refractivity contribution in [3.8, 4) is 5.69 Å². The molecule has 0 aliphatic carbocycles. The van der Waals surface area contributed by atoms with Gasteiger partial charge in [0, 0.05) is 5.69 Å². The highest BCUT2D eigenvalue weighted by Crippen LogP contribution is 2.19. The van der Waals surface area contributed by atoms with E-state index in [9.17, 15) is 14.7 Å². The lowest BCUT2D eigenvalue weighted by atomic mass is 10.0. The molecule has 1 heterocycles. The molecule has 1 atom stereocenters. The van der Waals surface area contributed by atoms with E-state index in [1.807, 2.05) is 45.0 Å². The first-order valence-electron chi connectivity index (χ1n) is 7.99. The molecule has 0 radical (unpaired) electrons. The molecule has 2 rings (SSSR count). The Labute approximate surface area is 150 Å². The van der Waals surface area contributed by atoms with Gasteiger partial charge in [-0.3, -0.25) is 9.36 Å². The lowest BCUT2D eigenvalue weighted by molar-refractivity contribution is -0.141. The quantitative estimate of drug-likeness (QED) is 0.699.